The maximum Gasteiger partial charge on any atom is 0.301 e. The number of hydrogen-bond acceptors (Lipinski definition) is 3. The van der Waals surface area contributed by atoms with E-state index in [0.717, 1.165) is 3.57 Å². The molecule has 0 amide bonds. The monoisotopic (exact) mass is 370 g/mol. The summed E-state index contributed by atoms with van der Waals surface area (Å²) < 4.78 is 28.3. The van der Waals surface area contributed by atoms with Gasteiger partial charge in [-0.15, -0.1) is 0 Å². The first kappa shape index (κ1) is 14.7. The summed E-state index contributed by atoms with van der Waals surface area (Å²) in [6, 6.07) is 7.15. The van der Waals surface area contributed by atoms with Gasteiger partial charge in [0.2, 0.25) is 0 Å². The van der Waals surface area contributed by atoms with Gasteiger partial charge >= 0.3 is 10.2 Å². The van der Waals surface area contributed by atoms with Crippen LogP contribution in [0, 0.1) is 3.57 Å². The van der Waals surface area contributed by atoms with Crippen molar-refractivity contribution in [2.75, 3.05) is 24.9 Å². The number of aliphatic hydroxyl groups is 1. The Morgan fingerprint density at radius 3 is 2.65 bits per heavy atom. The molecular weight excluding hydrogens is 355 g/mol. The lowest BCUT2D eigenvalue weighted by atomic mass is 10.3. The highest BCUT2D eigenvalue weighted by atomic mass is 127. The van der Waals surface area contributed by atoms with E-state index >= 15 is 0 Å². The van der Waals surface area contributed by atoms with Crippen molar-refractivity contribution in [3.8, 4) is 0 Å². The van der Waals surface area contributed by atoms with E-state index in [4.69, 9.17) is 5.11 Å². The summed E-state index contributed by atoms with van der Waals surface area (Å²) in [4.78, 5) is 0. The predicted octanol–water partition coefficient (Wildman–Crippen LogP) is 1.26. The van der Waals surface area contributed by atoms with Gasteiger partial charge in [0.25, 0.3) is 0 Å². The van der Waals surface area contributed by atoms with Crippen molar-refractivity contribution >= 4 is 38.5 Å². The van der Waals surface area contributed by atoms with Crippen molar-refractivity contribution in [1.82, 2.24) is 4.31 Å². The SMILES string of the molecule is CN(CCCO)S(=O)(=O)Nc1ccccc1I. The van der Waals surface area contributed by atoms with Crippen LogP contribution in [0.25, 0.3) is 0 Å². The van der Waals surface area contributed by atoms with Crippen molar-refractivity contribution in [2.45, 2.75) is 6.42 Å². The molecule has 0 aliphatic rings. The Bertz CT molecular complexity index is 464. The molecule has 0 saturated carbocycles. The predicted molar refractivity (Wildman–Crippen MR) is 76.0 cm³/mol. The zero-order chi connectivity index (χ0) is 12.9. The molecule has 0 atom stereocenters. The zero-order valence-corrected chi connectivity index (χ0v) is 12.4. The fraction of sp³-hybridized carbons (Fsp3) is 0.400. The van der Waals surface area contributed by atoms with E-state index < -0.39 is 10.2 Å². The molecule has 0 bridgehead atoms. The van der Waals surface area contributed by atoms with Gasteiger partial charge in [-0.3, -0.25) is 4.72 Å². The van der Waals surface area contributed by atoms with Gasteiger partial charge < -0.3 is 5.11 Å². The first-order valence-electron chi connectivity index (χ1n) is 5.07. The summed E-state index contributed by atoms with van der Waals surface area (Å²) in [5.74, 6) is 0. The molecule has 96 valence electrons. The maximum absolute atomic E-state index is 11.9. The summed E-state index contributed by atoms with van der Waals surface area (Å²) >= 11 is 2.07. The zero-order valence-electron chi connectivity index (χ0n) is 9.43. The quantitative estimate of drug-likeness (QED) is 0.741. The fourth-order valence-corrected chi connectivity index (χ4v) is 2.86. The van der Waals surface area contributed by atoms with Crippen molar-refractivity contribution in [3.05, 3.63) is 27.8 Å². The van der Waals surface area contributed by atoms with Gasteiger partial charge in [-0.1, -0.05) is 12.1 Å². The molecule has 0 spiro atoms. The molecule has 0 heterocycles. The second-order valence-corrected chi connectivity index (χ2v) is 6.43. The van der Waals surface area contributed by atoms with Crippen LogP contribution in [-0.4, -0.2) is 38.0 Å². The van der Waals surface area contributed by atoms with Crippen LogP contribution in [0.2, 0.25) is 0 Å². The molecule has 0 unspecified atom stereocenters. The van der Waals surface area contributed by atoms with Crippen molar-refractivity contribution < 1.29 is 13.5 Å². The van der Waals surface area contributed by atoms with Crippen molar-refractivity contribution in [1.29, 1.82) is 0 Å². The van der Waals surface area contributed by atoms with E-state index in [1.54, 1.807) is 12.1 Å². The van der Waals surface area contributed by atoms with Gasteiger partial charge in [-0.25, -0.2) is 0 Å². The van der Waals surface area contributed by atoms with Crippen molar-refractivity contribution in [2.24, 2.45) is 0 Å². The number of nitrogens with zero attached hydrogens (tertiary/aromatic N) is 1. The van der Waals surface area contributed by atoms with Gasteiger partial charge in [0.15, 0.2) is 0 Å². The maximum atomic E-state index is 11.9. The molecule has 1 aromatic carbocycles. The number of hydrogen-bond donors (Lipinski definition) is 2. The fourth-order valence-electron chi connectivity index (χ4n) is 1.17. The van der Waals surface area contributed by atoms with E-state index in [1.807, 2.05) is 12.1 Å². The Balaban J connectivity index is 2.76. The molecule has 0 saturated heterocycles. The Labute approximate surface area is 115 Å². The molecule has 0 aliphatic heterocycles. The number of rotatable bonds is 6. The highest BCUT2D eigenvalue weighted by molar-refractivity contribution is 14.1. The first-order chi connectivity index (χ1) is 7.97. The van der Waals surface area contributed by atoms with Crippen molar-refractivity contribution in [3.63, 3.8) is 0 Å². The van der Waals surface area contributed by atoms with Crippen LogP contribution in [0.5, 0.6) is 0 Å². The van der Waals surface area contributed by atoms with E-state index in [0.29, 0.717) is 12.1 Å². The van der Waals surface area contributed by atoms with E-state index in [9.17, 15) is 8.42 Å². The van der Waals surface area contributed by atoms with Crippen LogP contribution in [0.1, 0.15) is 6.42 Å². The van der Waals surface area contributed by atoms with Crippen LogP contribution < -0.4 is 4.72 Å². The third kappa shape index (κ3) is 4.41. The second kappa shape index (κ2) is 6.53. The van der Waals surface area contributed by atoms with Gasteiger partial charge in [0.1, 0.15) is 0 Å². The smallest absolute Gasteiger partial charge is 0.301 e. The average Bonchev–Trinajstić information content (AvgIpc) is 2.28. The largest absolute Gasteiger partial charge is 0.396 e. The van der Waals surface area contributed by atoms with Crippen LogP contribution in [-0.2, 0) is 10.2 Å². The lowest BCUT2D eigenvalue weighted by molar-refractivity contribution is 0.276. The molecule has 1 aromatic rings. The summed E-state index contributed by atoms with van der Waals surface area (Å²) in [5, 5.41) is 8.67. The Kier molecular flexibility index (Phi) is 5.63. The van der Waals surface area contributed by atoms with E-state index in [-0.39, 0.29) is 13.2 Å². The number of benzene rings is 1. The van der Waals surface area contributed by atoms with Gasteiger partial charge in [-0.05, 0) is 41.1 Å². The molecule has 0 radical (unpaired) electrons. The minimum absolute atomic E-state index is 0.0251. The number of para-hydroxylation sites is 1. The molecule has 0 aliphatic carbocycles. The van der Waals surface area contributed by atoms with Crippen LogP contribution in [0.3, 0.4) is 0 Å². The molecule has 17 heavy (non-hydrogen) atoms. The van der Waals surface area contributed by atoms with E-state index in [1.165, 1.54) is 11.4 Å². The highest BCUT2D eigenvalue weighted by Crippen LogP contribution is 2.18. The second-order valence-electron chi connectivity index (χ2n) is 3.49. The minimum atomic E-state index is -3.54. The highest BCUT2D eigenvalue weighted by Gasteiger charge is 2.17. The Morgan fingerprint density at radius 1 is 1.41 bits per heavy atom. The Morgan fingerprint density at radius 2 is 2.06 bits per heavy atom. The molecule has 5 nitrogen and oxygen atoms in total. The Hall–Kier alpha value is -0.380. The summed E-state index contributed by atoms with van der Waals surface area (Å²) in [6.45, 7) is 0.262. The van der Waals surface area contributed by atoms with Gasteiger partial charge in [-0.2, -0.15) is 12.7 Å². The molecular formula is C10H15IN2O3S. The van der Waals surface area contributed by atoms with E-state index in [2.05, 4.69) is 27.3 Å². The number of halogens is 1. The van der Waals surface area contributed by atoms with Crippen LogP contribution in [0.15, 0.2) is 24.3 Å². The molecule has 2 N–H and O–H groups in total. The van der Waals surface area contributed by atoms with Crippen LogP contribution in [0.4, 0.5) is 5.69 Å². The summed E-state index contributed by atoms with van der Waals surface area (Å²) in [6.07, 6.45) is 0.420. The first-order valence-corrected chi connectivity index (χ1v) is 7.58. The lowest BCUT2D eigenvalue weighted by Gasteiger charge is -2.18. The molecule has 0 aromatic heterocycles. The third-order valence-electron chi connectivity index (χ3n) is 2.15. The number of nitrogens with one attached hydrogen (secondary N) is 1. The summed E-state index contributed by atoms with van der Waals surface area (Å²) in [5.41, 5.74) is 0.559. The standard InChI is InChI=1S/C10H15IN2O3S/c1-13(7-4-8-14)17(15,16)12-10-6-3-2-5-9(10)11/h2-3,5-6,12,14H,4,7-8H2,1H3. The third-order valence-corrected chi connectivity index (χ3v) is 4.58. The number of anilines is 1. The topological polar surface area (TPSA) is 69.6 Å². The molecule has 1 rings (SSSR count). The minimum Gasteiger partial charge on any atom is -0.396 e. The number of aliphatic hydroxyl groups excluding tert-OH is 1. The molecule has 7 heteroatoms. The average molecular weight is 370 g/mol. The molecule has 0 fully saturated rings. The summed E-state index contributed by atoms with van der Waals surface area (Å²) in [7, 11) is -2.06. The lowest BCUT2D eigenvalue weighted by Crippen LogP contribution is -2.33. The van der Waals surface area contributed by atoms with Gasteiger partial charge in [0, 0.05) is 23.8 Å². The normalized spacial score (nSPS) is 11.8. The van der Waals surface area contributed by atoms with Crippen LogP contribution >= 0.6 is 22.6 Å². The van der Waals surface area contributed by atoms with Gasteiger partial charge in [0.05, 0.1) is 5.69 Å².